The molecule has 3 heteroatoms. The van der Waals surface area contributed by atoms with Crippen LogP contribution in [0.3, 0.4) is 0 Å². The maximum atomic E-state index is 2.04. The van der Waals surface area contributed by atoms with Crippen LogP contribution < -0.4 is 0 Å². The van der Waals surface area contributed by atoms with Crippen LogP contribution in [-0.4, -0.2) is 0 Å². The molecule has 0 aliphatic rings. The predicted molar refractivity (Wildman–Crippen MR) is 34.6 cm³/mol. The molecule has 0 saturated carbocycles. The summed E-state index contributed by atoms with van der Waals surface area (Å²) in [5.74, 6) is 0. The van der Waals surface area contributed by atoms with Crippen LogP contribution >= 0.6 is 28.3 Å². The van der Waals surface area contributed by atoms with E-state index in [1.54, 1.807) is 11.3 Å². The van der Waals surface area contributed by atoms with Gasteiger partial charge in [0.2, 0.25) is 0 Å². The van der Waals surface area contributed by atoms with Crippen LogP contribution in [0.15, 0.2) is 22.9 Å². The summed E-state index contributed by atoms with van der Waals surface area (Å²) in [6.07, 6.45) is 0. The fourth-order valence-corrected chi connectivity index (χ4v) is 0.680. The first-order valence-corrected chi connectivity index (χ1v) is 2.41. The van der Waals surface area contributed by atoms with Gasteiger partial charge in [-0.2, -0.15) is 11.3 Å². The van der Waals surface area contributed by atoms with Crippen LogP contribution in [0.4, 0.5) is 0 Å². The minimum absolute atomic E-state index is 0. The summed E-state index contributed by atoms with van der Waals surface area (Å²) < 4.78 is 0. The third-order valence-electron chi connectivity index (χ3n) is 0.425. The molecule has 0 atom stereocenters. The molecule has 1 heterocycles. The molecular weight excluding hydrogens is 225 g/mol. The van der Waals surface area contributed by atoms with Gasteiger partial charge in [0.25, 0.3) is 0 Å². The molecule has 0 amide bonds. The molecular formula is C4H5BrSZn. The predicted octanol–water partition coefficient (Wildman–Crippen LogP) is 2.32. The standard InChI is InChI=1S/C4H4S.BrH.Zn/c1-2-4-5-3-1;;/h1-4H;1H;. The van der Waals surface area contributed by atoms with Gasteiger partial charge in [0.05, 0.1) is 0 Å². The van der Waals surface area contributed by atoms with Crippen molar-refractivity contribution in [1.82, 2.24) is 0 Å². The van der Waals surface area contributed by atoms with E-state index in [1.807, 2.05) is 22.9 Å². The van der Waals surface area contributed by atoms with Crippen LogP contribution in [0.1, 0.15) is 0 Å². The fourth-order valence-electron chi connectivity index (χ4n) is 0.227. The zero-order valence-corrected chi connectivity index (χ0v) is 9.33. The largest absolute Gasteiger partial charge is 0.152 e. The molecule has 36 valence electrons. The van der Waals surface area contributed by atoms with Crippen molar-refractivity contribution < 1.29 is 19.5 Å². The summed E-state index contributed by atoms with van der Waals surface area (Å²) in [4.78, 5) is 0. The van der Waals surface area contributed by atoms with Crippen LogP contribution in [0, 0.1) is 0 Å². The Kier molecular flexibility index (Phi) is 10.4. The number of hydrogen-bond donors (Lipinski definition) is 0. The molecule has 7 heavy (non-hydrogen) atoms. The van der Waals surface area contributed by atoms with Gasteiger partial charge in [-0.15, -0.1) is 17.0 Å². The van der Waals surface area contributed by atoms with Gasteiger partial charge in [-0.05, 0) is 10.8 Å². The Balaban J connectivity index is 0. The zero-order valence-electron chi connectivity index (χ0n) is 3.83. The van der Waals surface area contributed by atoms with Gasteiger partial charge in [-0.25, -0.2) is 0 Å². The first kappa shape index (κ1) is 10.7. The Morgan fingerprint density at radius 2 is 1.43 bits per heavy atom. The Labute approximate surface area is 70.5 Å². The number of halogens is 1. The average molecular weight is 230 g/mol. The number of thiophene rings is 1. The molecule has 1 rings (SSSR count). The average Bonchev–Trinajstić information content (AvgIpc) is 1.76. The first-order valence-electron chi connectivity index (χ1n) is 1.47. The van der Waals surface area contributed by atoms with Gasteiger partial charge in [0, 0.05) is 19.5 Å². The Bertz CT molecular complexity index is 68.2. The van der Waals surface area contributed by atoms with Crippen LogP contribution in [0.25, 0.3) is 0 Å². The molecule has 1 aromatic rings. The monoisotopic (exact) mass is 228 g/mol. The van der Waals surface area contributed by atoms with E-state index in [-0.39, 0.29) is 36.5 Å². The Morgan fingerprint density at radius 3 is 1.57 bits per heavy atom. The van der Waals surface area contributed by atoms with Gasteiger partial charge < -0.3 is 0 Å². The molecule has 0 spiro atoms. The van der Waals surface area contributed by atoms with E-state index in [0.717, 1.165) is 0 Å². The van der Waals surface area contributed by atoms with Crippen molar-refractivity contribution in [2.24, 2.45) is 0 Å². The number of rotatable bonds is 0. The topological polar surface area (TPSA) is 0 Å². The quantitative estimate of drug-likeness (QED) is 0.600. The maximum absolute atomic E-state index is 2.04. The molecule has 0 aromatic carbocycles. The van der Waals surface area contributed by atoms with Crippen molar-refractivity contribution in [2.45, 2.75) is 0 Å². The van der Waals surface area contributed by atoms with Gasteiger partial charge in [0.1, 0.15) is 0 Å². The van der Waals surface area contributed by atoms with Crippen molar-refractivity contribution in [3.63, 3.8) is 0 Å². The summed E-state index contributed by atoms with van der Waals surface area (Å²) in [5, 5.41) is 4.08. The van der Waals surface area contributed by atoms with E-state index >= 15 is 0 Å². The van der Waals surface area contributed by atoms with Crippen LogP contribution in [-0.2, 0) is 19.5 Å². The second-order valence-corrected chi connectivity index (χ2v) is 1.61. The van der Waals surface area contributed by atoms with E-state index in [2.05, 4.69) is 0 Å². The van der Waals surface area contributed by atoms with E-state index in [1.165, 1.54) is 0 Å². The minimum Gasteiger partial charge on any atom is -0.152 e. The van der Waals surface area contributed by atoms with Gasteiger partial charge >= 0.3 is 0 Å². The van der Waals surface area contributed by atoms with Gasteiger partial charge in [-0.3, -0.25) is 0 Å². The molecule has 0 saturated heterocycles. The summed E-state index contributed by atoms with van der Waals surface area (Å²) in [5.41, 5.74) is 0. The third-order valence-corrected chi connectivity index (χ3v) is 1.05. The van der Waals surface area contributed by atoms with E-state index in [9.17, 15) is 0 Å². The van der Waals surface area contributed by atoms with Crippen molar-refractivity contribution in [2.75, 3.05) is 0 Å². The fraction of sp³-hybridized carbons (Fsp3) is 0. The summed E-state index contributed by atoms with van der Waals surface area (Å²) in [6, 6.07) is 4.04. The third kappa shape index (κ3) is 4.66. The molecule has 0 nitrogen and oxygen atoms in total. The Morgan fingerprint density at radius 1 is 1.00 bits per heavy atom. The zero-order chi connectivity index (χ0) is 3.54. The number of hydrogen-bond acceptors (Lipinski definition) is 1. The minimum atomic E-state index is 0. The Hall–Kier alpha value is 0.803. The molecule has 0 unspecified atom stereocenters. The van der Waals surface area contributed by atoms with E-state index in [4.69, 9.17) is 0 Å². The second-order valence-electron chi connectivity index (χ2n) is 0.793. The maximum Gasteiger partial charge on any atom is 0 e. The first-order chi connectivity index (χ1) is 2.50. The van der Waals surface area contributed by atoms with Crippen molar-refractivity contribution in [3.05, 3.63) is 22.9 Å². The molecule has 0 N–H and O–H groups in total. The van der Waals surface area contributed by atoms with Crippen LogP contribution in [0.5, 0.6) is 0 Å². The molecule has 0 aliphatic carbocycles. The molecule has 0 radical (unpaired) electrons. The normalized spacial score (nSPS) is 5.71. The molecule has 0 fully saturated rings. The van der Waals surface area contributed by atoms with E-state index in [0.29, 0.717) is 0 Å². The van der Waals surface area contributed by atoms with Gasteiger partial charge in [-0.1, -0.05) is 12.1 Å². The van der Waals surface area contributed by atoms with Crippen molar-refractivity contribution in [3.8, 4) is 0 Å². The van der Waals surface area contributed by atoms with Gasteiger partial charge in [0.15, 0.2) is 0 Å². The molecule has 0 aliphatic heterocycles. The van der Waals surface area contributed by atoms with Crippen molar-refractivity contribution >= 4 is 28.3 Å². The second kappa shape index (κ2) is 6.80. The van der Waals surface area contributed by atoms with Crippen molar-refractivity contribution in [1.29, 1.82) is 0 Å². The summed E-state index contributed by atoms with van der Waals surface area (Å²) in [6.45, 7) is 0. The summed E-state index contributed by atoms with van der Waals surface area (Å²) >= 11 is 1.71. The van der Waals surface area contributed by atoms with E-state index < -0.39 is 0 Å². The SMILES string of the molecule is Br.[Zn].c1ccsc1. The summed E-state index contributed by atoms with van der Waals surface area (Å²) in [7, 11) is 0. The molecule has 1 aromatic heterocycles. The van der Waals surface area contributed by atoms with Crippen LogP contribution in [0.2, 0.25) is 0 Å². The molecule has 0 bridgehead atoms. The smallest absolute Gasteiger partial charge is 0 e.